The summed E-state index contributed by atoms with van der Waals surface area (Å²) in [5.41, 5.74) is 2.17. The van der Waals surface area contributed by atoms with Crippen molar-refractivity contribution < 1.29 is 19.2 Å². The van der Waals surface area contributed by atoms with Gasteiger partial charge < -0.3 is 9.80 Å². The van der Waals surface area contributed by atoms with Gasteiger partial charge in [-0.3, -0.25) is 24.1 Å². The maximum atomic E-state index is 13.0. The molecule has 0 radical (unpaired) electrons. The zero-order valence-corrected chi connectivity index (χ0v) is 19.1. The minimum atomic E-state index is -0.341. The number of amides is 4. The van der Waals surface area contributed by atoms with E-state index in [1.54, 1.807) is 21.9 Å². The van der Waals surface area contributed by atoms with Gasteiger partial charge in [-0.1, -0.05) is 44.2 Å². The lowest BCUT2D eigenvalue weighted by atomic mass is 10.0. The molecule has 7 heteroatoms. The predicted molar refractivity (Wildman–Crippen MR) is 124 cm³/mol. The molecule has 0 bridgehead atoms. The Morgan fingerprint density at radius 1 is 0.848 bits per heavy atom. The zero-order valence-electron chi connectivity index (χ0n) is 19.1. The fourth-order valence-electron chi connectivity index (χ4n) is 4.35. The van der Waals surface area contributed by atoms with Crippen LogP contribution >= 0.6 is 0 Å². The number of nitrogens with zero attached hydrogens (tertiary/aromatic N) is 3. The number of imide groups is 1. The molecule has 0 N–H and O–H groups in total. The third-order valence-electron chi connectivity index (χ3n) is 6.16. The van der Waals surface area contributed by atoms with Gasteiger partial charge in [0.1, 0.15) is 0 Å². The first-order valence-corrected chi connectivity index (χ1v) is 11.5. The van der Waals surface area contributed by atoms with Gasteiger partial charge in [0, 0.05) is 44.7 Å². The first-order valence-electron chi connectivity index (χ1n) is 11.5. The van der Waals surface area contributed by atoms with E-state index >= 15 is 0 Å². The van der Waals surface area contributed by atoms with E-state index in [1.165, 1.54) is 11.0 Å². The summed E-state index contributed by atoms with van der Waals surface area (Å²) in [5, 5.41) is 0. The Kier molecular flexibility index (Phi) is 6.58. The maximum absolute atomic E-state index is 13.0. The Balaban J connectivity index is 1.35. The Morgan fingerprint density at radius 2 is 1.48 bits per heavy atom. The molecule has 7 nitrogen and oxygen atoms in total. The number of aryl methyl sites for hydroxylation is 1. The van der Waals surface area contributed by atoms with Crippen LogP contribution in [-0.2, 0) is 11.2 Å². The van der Waals surface area contributed by atoms with Crippen molar-refractivity contribution in [2.45, 2.75) is 26.7 Å². The Labute approximate surface area is 194 Å². The van der Waals surface area contributed by atoms with Crippen molar-refractivity contribution in [1.82, 2.24) is 14.7 Å². The molecule has 4 rings (SSSR count). The van der Waals surface area contributed by atoms with E-state index in [2.05, 4.69) is 0 Å². The molecule has 0 atom stereocenters. The quantitative estimate of drug-likeness (QED) is 0.638. The molecule has 1 saturated heterocycles. The van der Waals surface area contributed by atoms with Gasteiger partial charge >= 0.3 is 0 Å². The zero-order chi connectivity index (χ0) is 23.5. The molecule has 2 aliphatic heterocycles. The van der Waals surface area contributed by atoms with Crippen LogP contribution in [0.3, 0.4) is 0 Å². The predicted octanol–water partition coefficient (Wildman–Crippen LogP) is 2.86. The smallest absolute Gasteiger partial charge is 0.261 e. The summed E-state index contributed by atoms with van der Waals surface area (Å²) in [4.78, 5) is 55.6. The average Bonchev–Trinajstić information content (AvgIpc) is 3.06. The van der Waals surface area contributed by atoms with Crippen LogP contribution in [0.2, 0.25) is 0 Å². The minimum Gasteiger partial charge on any atom is -0.339 e. The minimum absolute atomic E-state index is 0.0952. The molecule has 2 aromatic carbocycles. The SMILES string of the molecule is CC(C)CN1C(=O)c2ccc(C(=O)N3CCN(C(=O)CCc4ccccc4)CC3)cc2C1=O. The average molecular weight is 448 g/mol. The van der Waals surface area contributed by atoms with Gasteiger partial charge in [0.05, 0.1) is 11.1 Å². The van der Waals surface area contributed by atoms with Crippen LogP contribution in [0.4, 0.5) is 0 Å². The van der Waals surface area contributed by atoms with Crippen LogP contribution in [0.1, 0.15) is 56.9 Å². The number of rotatable bonds is 6. The number of carbonyl (C=O) groups is 4. The second-order valence-corrected chi connectivity index (χ2v) is 9.03. The van der Waals surface area contributed by atoms with E-state index in [0.717, 1.165) is 5.56 Å². The van der Waals surface area contributed by atoms with Crippen molar-refractivity contribution in [2.75, 3.05) is 32.7 Å². The molecule has 0 saturated carbocycles. The lowest BCUT2D eigenvalue weighted by Crippen LogP contribution is -2.50. The van der Waals surface area contributed by atoms with Gasteiger partial charge in [0.2, 0.25) is 5.91 Å². The van der Waals surface area contributed by atoms with E-state index < -0.39 is 0 Å². The molecule has 2 aromatic rings. The summed E-state index contributed by atoms with van der Waals surface area (Å²) in [6, 6.07) is 14.6. The van der Waals surface area contributed by atoms with Crippen molar-refractivity contribution in [3.05, 3.63) is 70.8 Å². The largest absolute Gasteiger partial charge is 0.339 e. The van der Waals surface area contributed by atoms with Crippen molar-refractivity contribution in [1.29, 1.82) is 0 Å². The number of carbonyl (C=O) groups excluding carboxylic acids is 4. The molecule has 172 valence electrons. The summed E-state index contributed by atoms with van der Waals surface area (Å²) < 4.78 is 0. The Bertz CT molecular complexity index is 1070. The van der Waals surface area contributed by atoms with E-state index in [9.17, 15) is 19.2 Å². The summed E-state index contributed by atoms with van der Waals surface area (Å²) in [6.45, 7) is 6.12. The summed E-state index contributed by atoms with van der Waals surface area (Å²) in [6.07, 6.45) is 1.15. The number of piperazine rings is 1. The monoisotopic (exact) mass is 447 g/mol. The third kappa shape index (κ3) is 4.82. The van der Waals surface area contributed by atoms with Crippen molar-refractivity contribution in [3.8, 4) is 0 Å². The number of hydrogen-bond acceptors (Lipinski definition) is 4. The van der Waals surface area contributed by atoms with Crippen LogP contribution in [0.5, 0.6) is 0 Å². The molecule has 0 aromatic heterocycles. The lowest BCUT2D eigenvalue weighted by molar-refractivity contribution is -0.132. The standard InChI is InChI=1S/C26H29N3O4/c1-18(2)17-29-25(32)21-10-9-20(16-22(21)26(29)33)24(31)28-14-12-27(13-15-28)23(30)11-8-19-6-4-3-5-7-19/h3-7,9-10,16,18H,8,11-15,17H2,1-2H3. The highest BCUT2D eigenvalue weighted by Crippen LogP contribution is 2.25. The second kappa shape index (κ2) is 9.57. The van der Waals surface area contributed by atoms with Gasteiger partial charge in [-0.2, -0.15) is 0 Å². The van der Waals surface area contributed by atoms with Crippen LogP contribution in [0.15, 0.2) is 48.5 Å². The molecule has 0 spiro atoms. The topological polar surface area (TPSA) is 78.0 Å². The Hall–Kier alpha value is -3.48. The number of hydrogen-bond donors (Lipinski definition) is 0. The van der Waals surface area contributed by atoms with Crippen LogP contribution in [0.25, 0.3) is 0 Å². The highest BCUT2D eigenvalue weighted by atomic mass is 16.2. The van der Waals surface area contributed by atoms with Gasteiger partial charge in [0.25, 0.3) is 17.7 Å². The highest BCUT2D eigenvalue weighted by molar-refractivity contribution is 6.22. The van der Waals surface area contributed by atoms with E-state index in [0.29, 0.717) is 62.3 Å². The summed E-state index contributed by atoms with van der Waals surface area (Å²) >= 11 is 0. The van der Waals surface area contributed by atoms with Gasteiger partial charge in [-0.15, -0.1) is 0 Å². The highest BCUT2D eigenvalue weighted by Gasteiger charge is 2.36. The number of benzene rings is 2. The summed E-state index contributed by atoms with van der Waals surface area (Å²) in [7, 11) is 0. The Morgan fingerprint density at radius 3 is 2.15 bits per heavy atom. The third-order valence-corrected chi connectivity index (χ3v) is 6.16. The van der Waals surface area contributed by atoms with Crippen molar-refractivity contribution >= 4 is 23.6 Å². The van der Waals surface area contributed by atoms with Crippen LogP contribution in [0, 0.1) is 5.92 Å². The molecule has 1 fully saturated rings. The van der Waals surface area contributed by atoms with Gasteiger partial charge in [-0.25, -0.2) is 0 Å². The molecule has 33 heavy (non-hydrogen) atoms. The second-order valence-electron chi connectivity index (χ2n) is 9.03. The first kappa shape index (κ1) is 22.7. The molecule has 2 heterocycles. The molecule has 2 aliphatic rings. The van der Waals surface area contributed by atoms with E-state index in [1.807, 2.05) is 44.2 Å². The van der Waals surface area contributed by atoms with Crippen LogP contribution in [-0.4, -0.2) is 71.1 Å². The summed E-state index contributed by atoms with van der Waals surface area (Å²) in [5.74, 6) is -0.563. The molecular formula is C26H29N3O4. The molecule has 0 aliphatic carbocycles. The van der Waals surface area contributed by atoms with E-state index in [4.69, 9.17) is 0 Å². The van der Waals surface area contributed by atoms with E-state index in [-0.39, 0.29) is 29.5 Å². The number of fused-ring (bicyclic) bond motifs is 1. The first-order chi connectivity index (χ1) is 15.8. The normalized spacial score (nSPS) is 15.9. The lowest BCUT2D eigenvalue weighted by Gasteiger charge is -2.35. The van der Waals surface area contributed by atoms with Crippen molar-refractivity contribution in [2.24, 2.45) is 5.92 Å². The maximum Gasteiger partial charge on any atom is 0.261 e. The van der Waals surface area contributed by atoms with Gasteiger partial charge in [0.15, 0.2) is 0 Å². The molecule has 0 unspecified atom stereocenters. The van der Waals surface area contributed by atoms with Gasteiger partial charge in [-0.05, 0) is 36.1 Å². The fourth-order valence-corrected chi connectivity index (χ4v) is 4.35. The van der Waals surface area contributed by atoms with Crippen LogP contribution < -0.4 is 0 Å². The molecule has 4 amide bonds. The fraction of sp³-hybridized carbons (Fsp3) is 0.385. The van der Waals surface area contributed by atoms with Crippen molar-refractivity contribution in [3.63, 3.8) is 0 Å². The molecular weight excluding hydrogens is 418 g/mol.